The molecule has 0 aromatic heterocycles. The van der Waals surface area contributed by atoms with Crippen molar-refractivity contribution in [2.45, 2.75) is 39.7 Å². The number of cyclic esters (lactones) is 1. The minimum absolute atomic E-state index is 0.0149. The maximum Gasteiger partial charge on any atom is 0.342 e. The minimum Gasteiger partial charge on any atom is -0.507 e. The zero-order chi connectivity index (χ0) is 24.9. The first-order valence-corrected chi connectivity index (χ1v) is 10.4. The molecule has 0 unspecified atom stereocenters. The summed E-state index contributed by atoms with van der Waals surface area (Å²) in [6, 6.07) is 0. The molecule has 0 bridgehead atoms. The van der Waals surface area contributed by atoms with E-state index >= 15 is 0 Å². The normalized spacial score (nSPS) is 18.6. The van der Waals surface area contributed by atoms with Crippen molar-refractivity contribution in [3.8, 4) is 11.5 Å². The fraction of sp³-hybridized carbons (Fsp3) is 0.565. The molecule has 0 aliphatic carbocycles. The fourth-order valence-electron chi connectivity index (χ4n) is 3.75. The van der Waals surface area contributed by atoms with Gasteiger partial charge < -0.3 is 24.1 Å². The highest BCUT2D eigenvalue weighted by Crippen LogP contribution is 2.42. The van der Waals surface area contributed by atoms with Crippen LogP contribution in [0, 0.1) is 6.92 Å². The zero-order valence-electron chi connectivity index (χ0n) is 21.0. The van der Waals surface area contributed by atoms with Gasteiger partial charge in [0.2, 0.25) is 0 Å². The summed E-state index contributed by atoms with van der Waals surface area (Å²) in [5, 5.41) is 10.7. The third-order valence-electron chi connectivity index (χ3n) is 5.70. The summed E-state index contributed by atoms with van der Waals surface area (Å²) in [7, 11) is -2.73. The maximum absolute atomic E-state index is 12.1. The number of hydrogen-bond acceptors (Lipinski definition) is 8. The summed E-state index contributed by atoms with van der Waals surface area (Å²) in [6.07, 6.45) is 2.54. The van der Waals surface area contributed by atoms with Gasteiger partial charge in [0, 0.05) is 37.2 Å². The van der Waals surface area contributed by atoms with Crippen molar-refractivity contribution in [1.82, 2.24) is 4.90 Å². The largest absolute Gasteiger partial charge is 0.507 e. The van der Waals surface area contributed by atoms with Crippen molar-refractivity contribution in [2.24, 2.45) is 0 Å². The number of morpholine rings is 1. The fourth-order valence-corrected chi connectivity index (χ4v) is 3.75. The smallest absolute Gasteiger partial charge is 0.342 e. The molecule has 31 heavy (non-hydrogen) atoms. The van der Waals surface area contributed by atoms with Gasteiger partial charge in [0.15, 0.2) is 0 Å². The van der Waals surface area contributed by atoms with Crippen LogP contribution < -0.4 is 4.74 Å². The van der Waals surface area contributed by atoms with E-state index in [0.717, 1.165) is 18.7 Å². The molecule has 8 heteroatoms. The second-order valence-electron chi connectivity index (χ2n) is 7.74. The van der Waals surface area contributed by atoms with E-state index in [1.54, 1.807) is 13.0 Å². The van der Waals surface area contributed by atoms with Crippen LogP contribution in [0.4, 0.5) is 0 Å². The number of methoxy groups -OCH3 is 1. The molecular formula is C23H31NO7. The first kappa shape index (κ1) is 19.1. The third kappa shape index (κ3) is 5.57. The first-order chi connectivity index (χ1) is 16.1. The van der Waals surface area contributed by atoms with Crippen LogP contribution in [0.1, 0.15) is 50.9 Å². The maximum atomic E-state index is 12.1. The van der Waals surface area contributed by atoms with E-state index in [1.807, 2.05) is 6.92 Å². The number of rotatable bonds is 9. The minimum atomic E-state index is -2.73. The van der Waals surface area contributed by atoms with Crippen LogP contribution in [0.5, 0.6) is 11.5 Å². The number of ether oxygens (including phenoxy) is 4. The highest BCUT2D eigenvalue weighted by molar-refractivity contribution is 5.98. The number of allylic oxidation sites excluding steroid dienone is 2. The number of benzene rings is 1. The Bertz CT molecular complexity index is 953. The van der Waals surface area contributed by atoms with Gasteiger partial charge in [-0.3, -0.25) is 9.69 Å². The summed E-state index contributed by atoms with van der Waals surface area (Å²) in [5.74, 6) is -1.28. The predicted molar refractivity (Wildman–Crippen MR) is 113 cm³/mol. The lowest BCUT2D eigenvalue weighted by Gasteiger charge is -2.26. The van der Waals surface area contributed by atoms with Gasteiger partial charge in [-0.1, -0.05) is 11.6 Å². The quantitative estimate of drug-likeness (QED) is 0.466. The molecule has 1 aromatic carbocycles. The van der Waals surface area contributed by atoms with Gasteiger partial charge >= 0.3 is 11.9 Å². The van der Waals surface area contributed by atoms with E-state index in [2.05, 4.69) is 4.90 Å². The first-order valence-electron chi connectivity index (χ1n) is 11.9. The number of nitrogens with zero attached hydrogens (tertiary/aromatic N) is 1. The van der Waals surface area contributed by atoms with Gasteiger partial charge in [-0.25, -0.2) is 4.79 Å². The molecule has 2 heterocycles. The van der Waals surface area contributed by atoms with E-state index in [9.17, 15) is 14.7 Å². The molecule has 2 aliphatic heterocycles. The zero-order valence-corrected chi connectivity index (χ0v) is 18.0. The number of phenolic OH excluding ortho intramolecular Hbond substituents is 1. The summed E-state index contributed by atoms with van der Waals surface area (Å²) in [5.41, 5.74) is 1.95. The van der Waals surface area contributed by atoms with Crippen LogP contribution in [-0.2, 0) is 32.0 Å². The Morgan fingerprint density at radius 2 is 2.10 bits per heavy atom. The van der Waals surface area contributed by atoms with Crippen molar-refractivity contribution < 1.29 is 37.8 Å². The van der Waals surface area contributed by atoms with Gasteiger partial charge in [0.1, 0.15) is 30.3 Å². The number of fused-ring (bicyclic) bond motifs is 1. The van der Waals surface area contributed by atoms with Gasteiger partial charge in [0.25, 0.3) is 0 Å². The Hall–Kier alpha value is -2.58. The molecule has 0 radical (unpaired) electrons. The van der Waals surface area contributed by atoms with Crippen molar-refractivity contribution in [3.05, 3.63) is 33.9 Å². The Balaban J connectivity index is 1.62. The van der Waals surface area contributed by atoms with Crippen LogP contribution in [-0.4, -0.2) is 68.4 Å². The van der Waals surface area contributed by atoms with E-state index < -0.39 is 13.0 Å². The Labute approximate surface area is 186 Å². The average Bonchev–Trinajstić information content (AvgIpc) is 3.17. The lowest BCUT2D eigenvalue weighted by Crippen LogP contribution is -2.38. The van der Waals surface area contributed by atoms with E-state index in [1.165, 1.54) is 0 Å². The highest BCUT2D eigenvalue weighted by Gasteiger charge is 2.31. The Kier molecular flexibility index (Phi) is 6.56. The van der Waals surface area contributed by atoms with Crippen LogP contribution >= 0.6 is 0 Å². The average molecular weight is 437 g/mol. The SMILES string of the molecule is [2H]C([2H])([2H])Oc1c(C)c2c(c(O)c1C/C=C(\C)CCC(=O)OCCN1CCOCC1)C(=O)OC2. The molecule has 0 atom stereocenters. The lowest BCUT2D eigenvalue weighted by molar-refractivity contribution is -0.144. The topological polar surface area (TPSA) is 94.5 Å². The summed E-state index contributed by atoms with van der Waals surface area (Å²) in [4.78, 5) is 26.3. The van der Waals surface area contributed by atoms with Gasteiger partial charge in [-0.15, -0.1) is 0 Å². The van der Waals surface area contributed by atoms with Crippen molar-refractivity contribution in [3.63, 3.8) is 0 Å². The van der Waals surface area contributed by atoms with Gasteiger partial charge in [-0.05, 0) is 32.3 Å². The molecule has 0 spiro atoms. The summed E-state index contributed by atoms with van der Waals surface area (Å²) in [6.45, 7) is 7.47. The van der Waals surface area contributed by atoms with Crippen molar-refractivity contribution in [1.29, 1.82) is 0 Å². The van der Waals surface area contributed by atoms with E-state index in [4.69, 9.17) is 23.1 Å². The standard InChI is InChI=1S/C23H31NO7/c1-15(5-7-19(25)30-13-10-24-8-11-29-12-9-24)4-6-17-21(26)20-18(14-31-23(20)27)16(2)22(17)28-3/h4,26H,5-14H2,1-3H3/b15-4+/i3D3. The molecule has 170 valence electrons. The Morgan fingerprint density at radius 1 is 1.32 bits per heavy atom. The summed E-state index contributed by atoms with van der Waals surface area (Å²) >= 11 is 0. The Morgan fingerprint density at radius 3 is 2.84 bits per heavy atom. The molecule has 2 aliphatic rings. The van der Waals surface area contributed by atoms with Crippen molar-refractivity contribution >= 4 is 11.9 Å². The molecule has 1 saturated heterocycles. The van der Waals surface area contributed by atoms with Crippen LogP contribution in [0.2, 0.25) is 0 Å². The molecule has 1 aromatic rings. The van der Waals surface area contributed by atoms with E-state index in [-0.39, 0.29) is 48.0 Å². The molecule has 1 fully saturated rings. The summed E-state index contributed by atoms with van der Waals surface area (Å²) < 4.78 is 43.2. The van der Waals surface area contributed by atoms with Crippen LogP contribution in [0.25, 0.3) is 0 Å². The third-order valence-corrected chi connectivity index (χ3v) is 5.70. The molecule has 3 rings (SSSR count). The van der Waals surface area contributed by atoms with Crippen LogP contribution in [0.3, 0.4) is 0 Å². The molecular weight excluding hydrogens is 402 g/mol. The molecule has 0 amide bonds. The highest BCUT2D eigenvalue weighted by atomic mass is 16.5. The second-order valence-corrected chi connectivity index (χ2v) is 7.74. The van der Waals surface area contributed by atoms with Crippen molar-refractivity contribution in [2.75, 3.05) is 46.5 Å². The monoisotopic (exact) mass is 436 g/mol. The second kappa shape index (κ2) is 10.6. The van der Waals surface area contributed by atoms with Gasteiger partial charge in [-0.2, -0.15) is 0 Å². The molecule has 0 saturated carbocycles. The number of aromatic hydroxyl groups is 1. The number of esters is 2. The number of hydrogen-bond donors (Lipinski definition) is 1. The number of carbonyl (C=O) groups excluding carboxylic acids is 2. The number of carbonyl (C=O) groups is 2. The predicted octanol–water partition coefficient (Wildman–Crippen LogP) is 2.52. The van der Waals surface area contributed by atoms with E-state index in [0.29, 0.717) is 43.9 Å². The van der Waals surface area contributed by atoms with Gasteiger partial charge in [0.05, 0.1) is 24.4 Å². The number of phenols is 1. The van der Waals surface area contributed by atoms with Crippen LogP contribution in [0.15, 0.2) is 11.6 Å². The molecule has 8 nitrogen and oxygen atoms in total. The lowest BCUT2D eigenvalue weighted by atomic mass is 9.94. The molecule has 1 N–H and O–H groups in total.